The van der Waals surface area contributed by atoms with Crippen LogP contribution in [0.1, 0.15) is 40.4 Å². The summed E-state index contributed by atoms with van der Waals surface area (Å²) in [6, 6.07) is 4.14. The fourth-order valence-electron chi connectivity index (χ4n) is 2.94. The summed E-state index contributed by atoms with van der Waals surface area (Å²) < 4.78 is 19.2. The summed E-state index contributed by atoms with van der Waals surface area (Å²) in [7, 11) is 0. The predicted octanol–water partition coefficient (Wildman–Crippen LogP) is 2.49. The second-order valence-corrected chi connectivity index (χ2v) is 9.10. The summed E-state index contributed by atoms with van der Waals surface area (Å²) in [6.45, 7) is 3.93. The van der Waals surface area contributed by atoms with Crippen molar-refractivity contribution in [3.63, 3.8) is 0 Å². The number of aliphatic carboxylic acids is 2. The number of carboxylic acids is 2. The Kier molecular flexibility index (Phi) is 9.28. The summed E-state index contributed by atoms with van der Waals surface area (Å²) in [5, 5.41) is 27.6. The average molecular weight is 509 g/mol. The zero-order valence-electron chi connectivity index (χ0n) is 18.9. The molecule has 0 bridgehead atoms. The number of amides is 2. The minimum Gasteiger partial charge on any atom is -0.481 e. The fourth-order valence-corrected chi connectivity index (χ4v) is 3.84. The second-order valence-electron chi connectivity index (χ2n) is 7.93. The van der Waals surface area contributed by atoms with Gasteiger partial charge in [0.05, 0.1) is 13.0 Å². The van der Waals surface area contributed by atoms with E-state index in [1.165, 1.54) is 23.1 Å². The van der Waals surface area contributed by atoms with Gasteiger partial charge in [0.2, 0.25) is 0 Å². The van der Waals surface area contributed by atoms with Gasteiger partial charge in [-0.05, 0) is 36.2 Å². The Labute approximate surface area is 203 Å². The van der Waals surface area contributed by atoms with Gasteiger partial charge in [-0.3, -0.25) is 10.2 Å². The van der Waals surface area contributed by atoms with Gasteiger partial charge in [-0.2, -0.15) is 0 Å². The highest BCUT2D eigenvalue weighted by atomic mass is 32.1. The number of rotatable bonds is 11. The molecule has 1 atom stereocenters. The van der Waals surface area contributed by atoms with Gasteiger partial charge in [-0.1, -0.05) is 13.8 Å². The molecule has 0 fully saturated rings. The van der Waals surface area contributed by atoms with E-state index in [0.717, 1.165) is 17.4 Å². The zero-order chi connectivity index (χ0) is 26.3. The number of hydrogen-bond acceptors (Lipinski definition) is 7. The molecule has 6 N–H and O–H groups in total. The number of esters is 1. The Hall–Kier alpha value is -4.00. The third kappa shape index (κ3) is 8.07. The van der Waals surface area contributed by atoms with Crippen molar-refractivity contribution in [2.45, 2.75) is 32.9 Å². The molecule has 1 heterocycles. The summed E-state index contributed by atoms with van der Waals surface area (Å²) in [4.78, 5) is 49.3. The van der Waals surface area contributed by atoms with Crippen LogP contribution in [0.4, 0.5) is 9.18 Å². The van der Waals surface area contributed by atoms with Crippen LogP contribution in [-0.2, 0) is 16.1 Å². The fraction of sp³-hybridized carbons (Fsp3) is 0.318. The highest BCUT2D eigenvalue weighted by molar-refractivity contribution is 7.13. The van der Waals surface area contributed by atoms with Crippen molar-refractivity contribution in [3.05, 3.63) is 51.5 Å². The lowest BCUT2D eigenvalue weighted by molar-refractivity contribution is -0.145. The number of ether oxygens (including phenoxy) is 1. The normalized spacial score (nSPS) is 11.5. The summed E-state index contributed by atoms with van der Waals surface area (Å²) >= 11 is 1.000. The van der Waals surface area contributed by atoms with E-state index in [-0.39, 0.29) is 41.0 Å². The van der Waals surface area contributed by atoms with E-state index < -0.39 is 42.2 Å². The maximum atomic E-state index is 14.2. The lowest BCUT2D eigenvalue weighted by Gasteiger charge is -2.26. The minimum atomic E-state index is -1.60. The van der Waals surface area contributed by atoms with Crippen LogP contribution >= 0.6 is 11.3 Å². The Balaban J connectivity index is 2.12. The van der Waals surface area contributed by atoms with Crippen molar-refractivity contribution in [2.75, 3.05) is 6.54 Å². The molecule has 2 rings (SSSR count). The van der Waals surface area contributed by atoms with Gasteiger partial charge in [0.15, 0.2) is 11.6 Å². The number of benzene rings is 1. The SMILES string of the molecule is CC(C)CN(Cc1ccc(C(=O)Oc2ccc(C(=N)N)cc2F)s1)C(=O)N[C@@H](CC(=O)O)C(=O)O. The highest BCUT2D eigenvalue weighted by Gasteiger charge is 2.26. The first-order valence-corrected chi connectivity index (χ1v) is 11.1. The monoisotopic (exact) mass is 508 g/mol. The van der Waals surface area contributed by atoms with E-state index in [2.05, 4.69) is 5.32 Å². The van der Waals surface area contributed by atoms with E-state index in [0.29, 0.717) is 4.88 Å². The molecule has 0 aliphatic heterocycles. The molecule has 1 aromatic heterocycles. The number of nitrogens with zero attached hydrogens (tertiary/aromatic N) is 1. The standard InChI is InChI=1S/C22H25FN4O7S/c1-11(2)9-27(22(33)26-15(20(30)31)8-18(28)29)10-13-4-6-17(35-13)21(32)34-16-5-3-12(19(24)25)7-14(16)23/h3-7,11,15H,8-10H2,1-2H3,(H3,24,25)(H,26,33)(H,28,29)(H,30,31)/t15-/m0/s1. The molecule has 0 saturated heterocycles. The molecule has 0 radical (unpaired) electrons. The maximum absolute atomic E-state index is 14.2. The van der Waals surface area contributed by atoms with Crippen molar-refractivity contribution in [1.29, 1.82) is 5.41 Å². The number of amidine groups is 1. The summed E-state index contributed by atoms with van der Waals surface area (Å²) in [6.07, 6.45) is -0.782. The van der Waals surface area contributed by atoms with Crippen LogP contribution < -0.4 is 15.8 Å². The number of carbonyl (C=O) groups is 4. The number of carbonyl (C=O) groups excluding carboxylic acids is 2. The van der Waals surface area contributed by atoms with Gasteiger partial charge in [0.25, 0.3) is 0 Å². The third-order valence-corrected chi connectivity index (χ3v) is 5.55. The van der Waals surface area contributed by atoms with E-state index in [4.69, 9.17) is 21.0 Å². The Morgan fingerprint density at radius 1 is 1.20 bits per heavy atom. The first-order valence-electron chi connectivity index (χ1n) is 10.3. The highest BCUT2D eigenvalue weighted by Crippen LogP contribution is 2.24. The van der Waals surface area contributed by atoms with E-state index in [9.17, 15) is 28.7 Å². The molecular weight excluding hydrogens is 483 g/mol. The lowest BCUT2D eigenvalue weighted by atomic mass is 10.2. The smallest absolute Gasteiger partial charge is 0.353 e. The second kappa shape index (κ2) is 11.9. The van der Waals surface area contributed by atoms with Crippen molar-refractivity contribution in [2.24, 2.45) is 11.7 Å². The Morgan fingerprint density at radius 3 is 2.43 bits per heavy atom. The van der Waals surface area contributed by atoms with Crippen LogP contribution in [0.3, 0.4) is 0 Å². The van der Waals surface area contributed by atoms with Crippen LogP contribution in [0.5, 0.6) is 5.75 Å². The molecule has 2 aromatic rings. The van der Waals surface area contributed by atoms with Gasteiger partial charge < -0.3 is 30.9 Å². The first kappa shape index (κ1) is 27.2. The number of halogens is 1. The predicted molar refractivity (Wildman–Crippen MR) is 124 cm³/mol. The molecule has 0 unspecified atom stereocenters. The van der Waals surface area contributed by atoms with Gasteiger partial charge in [-0.15, -0.1) is 11.3 Å². The molecule has 0 spiro atoms. The van der Waals surface area contributed by atoms with Crippen LogP contribution in [0.2, 0.25) is 0 Å². The molecule has 2 amide bonds. The van der Waals surface area contributed by atoms with Gasteiger partial charge in [-0.25, -0.2) is 18.8 Å². The summed E-state index contributed by atoms with van der Waals surface area (Å²) in [5.74, 6) is -5.21. The summed E-state index contributed by atoms with van der Waals surface area (Å²) in [5.41, 5.74) is 5.44. The number of thiophene rings is 1. The average Bonchev–Trinajstić information content (AvgIpc) is 3.22. The maximum Gasteiger partial charge on any atom is 0.353 e. The molecule has 11 nitrogen and oxygen atoms in total. The van der Waals surface area contributed by atoms with Crippen molar-refractivity contribution in [3.8, 4) is 5.75 Å². The van der Waals surface area contributed by atoms with E-state index in [1.807, 2.05) is 13.8 Å². The van der Waals surface area contributed by atoms with Crippen LogP contribution in [0.15, 0.2) is 30.3 Å². The number of nitrogens with one attached hydrogen (secondary N) is 2. The van der Waals surface area contributed by atoms with Crippen LogP contribution in [0.25, 0.3) is 0 Å². The number of nitrogens with two attached hydrogens (primary N) is 1. The molecule has 0 aliphatic carbocycles. The lowest BCUT2D eigenvalue weighted by Crippen LogP contribution is -2.49. The molecular formula is C22H25FN4O7S. The topological polar surface area (TPSA) is 183 Å². The molecule has 13 heteroatoms. The Bertz CT molecular complexity index is 1130. The molecule has 0 aliphatic rings. The molecule has 35 heavy (non-hydrogen) atoms. The van der Waals surface area contributed by atoms with Crippen molar-refractivity contribution < 1.29 is 38.5 Å². The van der Waals surface area contributed by atoms with Crippen LogP contribution in [-0.4, -0.2) is 57.5 Å². The number of carboxylic acid groups (broad SMARTS) is 2. The number of urea groups is 1. The Morgan fingerprint density at radius 2 is 1.89 bits per heavy atom. The van der Waals surface area contributed by atoms with Gasteiger partial charge in [0, 0.05) is 17.0 Å². The molecule has 1 aromatic carbocycles. The van der Waals surface area contributed by atoms with E-state index >= 15 is 0 Å². The quantitative estimate of drug-likeness (QED) is 0.133. The van der Waals surface area contributed by atoms with Gasteiger partial charge >= 0.3 is 23.9 Å². The zero-order valence-corrected chi connectivity index (χ0v) is 19.7. The van der Waals surface area contributed by atoms with Crippen molar-refractivity contribution in [1.82, 2.24) is 10.2 Å². The van der Waals surface area contributed by atoms with Crippen LogP contribution in [0, 0.1) is 17.1 Å². The first-order chi connectivity index (χ1) is 16.4. The largest absolute Gasteiger partial charge is 0.481 e. The molecule has 0 saturated carbocycles. The number of hydrogen-bond donors (Lipinski definition) is 5. The van der Waals surface area contributed by atoms with E-state index in [1.54, 1.807) is 6.07 Å². The third-order valence-electron chi connectivity index (χ3n) is 4.50. The van der Waals surface area contributed by atoms with Gasteiger partial charge in [0.1, 0.15) is 16.8 Å². The minimum absolute atomic E-state index is 0.00819. The van der Waals surface area contributed by atoms with Crippen molar-refractivity contribution >= 4 is 41.1 Å². The molecule has 188 valence electrons. The number of nitrogen functional groups attached to an aromatic ring is 1.